The third kappa shape index (κ3) is 12.0. The van der Waals surface area contributed by atoms with E-state index in [0.29, 0.717) is 6.42 Å². The van der Waals surface area contributed by atoms with E-state index in [1.54, 1.807) is 6.92 Å². The predicted molar refractivity (Wildman–Crippen MR) is 33.3 cm³/mol. The first-order valence-corrected chi connectivity index (χ1v) is 2.92. The van der Waals surface area contributed by atoms with Crippen LogP contribution in [0.1, 0.15) is 13.3 Å². The zero-order chi connectivity index (χ0) is 7.33. The summed E-state index contributed by atoms with van der Waals surface area (Å²) >= 11 is 0. The smallest absolute Gasteiger partial charge is 0.449 e. The predicted octanol–water partition coefficient (Wildman–Crippen LogP) is -0.196. The van der Waals surface area contributed by atoms with Crippen LogP contribution in [0.25, 0.3) is 0 Å². The topological polar surface area (TPSA) is 0 Å². The van der Waals surface area contributed by atoms with Crippen LogP contribution >= 0.6 is 0 Å². The van der Waals surface area contributed by atoms with Gasteiger partial charge in [-0.3, -0.25) is 0 Å². The maximum atomic E-state index is 11.4. The molecule has 0 nitrogen and oxygen atoms in total. The van der Waals surface area contributed by atoms with Gasteiger partial charge in [0.2, 0.25) is 0 Å². The van der Waals surface area contributed by atoms with Crippen molar-refractivity contribution in [2.75, 3.05) is 0 Å². The van der Waals surface area contributed by atoms with Crippen molar-refractivity contribution in [2.24, 2.45) is 0 Å². The number of halogens is 3. The van der Waals surface area contributed by atoms with Crippen molar-refractivity contribution < 1.29 is 64.3 Å². The summed E-state index contributed by atoms with van der Waals surface area (Å²) in [4.78, 5) is 0. The van der Waals surface area contributed by atoms with E-state index in [-0.39, 0.29) is 51.4 Å². The van der Waals surface area contributed by atoms with E-state index in [1.807, 2.05) is 0 Å². The van der Waals surface area contributed by atoms with E-state index in [1.165, 1.54) is 12.2 Å². The van der Waals surface area contributed by atoms with Crippen LogP contribution in [0.3, 0.4) is 0 Å². The molecule has 10 heavy (non-hydrogen) atoms. The molecule has 0 aromatic carbocycles. The molecule has 0 spiro atoms. The van der Waals surface area contributed by atoms with Crippen molar-refractivity contribution in [3.8, 4) is 0 Å². The Kier molecular flexibility index (Phi) is 9.54. The second kappa shape index (κ2) is 6.91. The molecule has 0 aliphatic rings. The number of hydrogen-bond acceptors (Lipinski definition) is 0. The van der Waals surface area contributed by atoms with Crippen LogP contribution in [-0.2, 0) is 0 Å². The van der Waals surface area contributed by atoms with Gasteiger partial charge in [0.1, 0.15) is 0 Å². The maximum Gasteiger partial charge on any atom is 1.00 e. The van der Waals surface area contributed by atoms with Crippen molar-refractivity contribution in [3.05, 3.63) is 12.2 Å². The fourth-order valence-corrected chi connectivity index (χ4v) is 0.417. The van der Waals surface area contributed by atoms with Crippen molar-refractivity contribution >= 4 is 6.98 Å². The Morgan fingerprint density at radius 3 is 2.00 bits per heavy atom. The molecule has 0 saturated carbocycles. The molecule has 0 aliphatic heterocycles. The fourth-order valence-electron chi connectivity index (χ4n) is 0.417. The SMILES string of the molecule is CC/C=C/C[B-](F)(F)F.[K+]. The summed E-state index contributed by atoms with van der Waals surface area (Å²) in [5.74, 6) is 0. The van der Waals surface area contributed by atoms with Gasteiger partial charge in [0.15, 0.2) is 0 Å². The van der Waals surface area contributed by atoms with Crippen molar-refractivity contribution in [3.63, 3.8) is 0 Å². The van der Waals surface area contributed by atoms with Gasteiger partial charge in [0.05, 0.1) is 0 Å². The Morgan fingerprint density at radius 2 is 1.70 bits per heavy atom. The van der Waals surface area contributed by atoms with Crippen LogP contribution in [0.5, 0.6) is 0 Å². The molecule has 0 saturated heterocycles. The van der Waals surface area contributed by atoms with Crippen molar-refractivity contribution in [1.82, 2.24) is 0 Å². The van der Waals surface area contributed by atoms with Crippen LogP contribution in [0.2, 0.25) is 6.32 Å². The molecule has 0 aliphatic carbocycles. The monoisotopic (exact) mass is 176 g/mol. The van der Waals surface area contributed by atoms with Crippen molar-refractivity contribution in [1.29, 1.82) is 0 Å². The Hall–Kier alpha value is 1.23. The van der Waals surface area contributed by atoms with Crippen LogP contribution < -0.4 is 51.4 Å². The minimum atomic E-state index is -4.60. The summed E-state index contributed by atoms with van der Waals surface area (Å²) in [5.41, 5.74) is 0. The van der Waals surface area contributed by atoms with E-state index in [2.05, 4.69) is 0 Å². The summed E-state index contributed by atoms with van der Waals surface area (Å²) in [6, 6.07) is 0. The zero-order valence-electron chi connectivity index (χ0n) is 6.28. The van der Waals surface area contributed by atoms with Gasteiger partial charge in [-0.05, 0) is 6.42 Å². The Bertz CT molecular complexity index is 99.6. The first-order valence-electron chi connectivity index (χ1n) is 2.92. The van der Waals surface area contributed by atoms with Gasteiger partial charge >= 0.3 is 58.4 Å². The van der Waals surface area contributed by atoms with Crippen LogP contribution in [0, 0.1) is 0 Å². The number of allylic oxidation sites excluding steroid dienone is 2. The average Bonchev–Trinajstić information content (AvgIpc) is 1.63. The van der Waals surface area contributed by atoms with Gasteiger partial charge in [-0.25, -0.2) is 0 Å². The summed E-state index contributed by atoms with van der Waals surface area (Å²) in [5, 5.41) is 0. The molecular weight excluding hydrogens is 167 g/mol. The summed E-state index contributed by atoms with van der Waals surface area (Å²) < 4.78 is 34.2. The molecule has 0 heterocycles. The fraction of sp³-hybridized carbons (Fsp3) is 0.600. The number of hydrogen-bond donors (Lipinski definition) is 0. The third-order valence-electron chi connectivity index (χ3n) is 0.806. The molecule has 0 radical (unpaired) electrons. The molecular formula is C5H9BF3K. The molecule has 0 fully saturated rings. The van der Waals surface area contributed by atoms with E-state index in [4.69, 9.17) is 0 Å². The van der Waals surface area contributed by atoms with Gasteiger partial charge in [0.25, 0.3) is 0 Å². The average molecular weight is 176 g/mol. The third-order valence-corrected chi connectivity index (χ3v) is 0.806. The molecule has 0 N–H and O–H groups in total. The summed E-state index contributed by atoms with van der Waals surface area (Å²) in [6.07, 6.45) is 2.62. The van der Waals surface area contributed by atoms with Gasteiger partial charge in [-0.2, -0.15) is 0 Å². The van der Waals surface area contributed by atoms with Gasteiger partial charge in [-0.15, -0.1) is 6.08 Å². The molecule has 0 aromatic rings. The van der Waals surface area contributed by atoms with E-state index in [9.17, 15) is 12.9 Å². The summed E-state index contributed by atoms with van der Waals surface area (Å²) in [6.45, 7) is -2.79. The summed E-state index contributed by atoms with van der Waals surface area (Å²) in [7, 11) is 0. The first-order chi connectivity index (χ1) is 4.06. The maximum absolute atomic E-state index is 11.4. The molecule has 5 heteroatoms. The van der Waals surface area contributed by atoms with Crippen LogP contribution in [0.15, 0.2) is 12.2 Å². The van der Waals surface area contributed by atoms with Crippen molar-refractivity contribution in [2.45, 2.75) is 19.7 Å². The number of rotatable bonds is 3. The minimum absolute atomic E-state index is 0. The zero-order valence-corrected chi connectivity index (χ0v) is 9.40. The molecule has 54 valence electrons. The van der Waals surface area contributed by atoms with E-state index < -0.39 is 13.3 Å². The second-order valence-electron chi connectivity index (χ2n) is 1.83. The van der Waals surface area contributed by atoms with Gasteiger partial charge in [0, 0.05) is 0 Å². The minimum Gasteiger partial charge on any atom is -0.449 e. The van der Waals surface area contributed by atoms with Crippen LogP contribution in [0.4, 0.5) is 12.9 Å². The largest absolute Gasteiger partial charge is 1.00 e. The molecule has 0 amide bonds. The van der Waals surface area contributed by atoms with Crippen LogP contribution in [-0.4, -0.2) is 6.98 Å². The molecule has 0 aromatic heterocycles. The van der Waals surface area contributed by atoms with Gasteiger partial charge < -0.3 is 12.9 Å². The quantitative estimate of drug-likeness (QED) is 0.412. The molecule has 0 unspecified atom stereocenters. The van der Waals surface area contributed by atoms with Gasteiger partial charge in [-0.1, -0.05) is 19.3 Å². The molecule has 0 bridgehead atoms. The Morgan fingerprint density at radius 1 is 1.20 bits per heavy atom. The second-order valence-corrected chi connectivity index (χ2v) is 1.83. The molecule has 0 atom stereocenters. The van der Waals surface area contributed by atoms with E-state index in [0.717, 1.165) is 0 Å². The molecule has 0 rings (SSSR count). The Labute approximate surface area is 102 Å². The normalized spacial score (nSPS) is 11.6. The van der Waals surface area contributed by atoms with E-state index >= 15 is 0 Å². The first kappa shape index (κ1) is 13.8. The standard InChI is InChI=1S/C5H9BF3.K/c1-2-3-4-5-6(7,8)9;/h3-4H,2,5H2,1H3;/q-1;+1/b4-3+;. The Balaban J connectivity index is 0.